The number of carboxylic acid groups (broad SMARTS) is 1. The molecular weight excluding hydrogens is 549 g/mol. The van der Waals surface area contributed by atoms with Crippen LogP contribution in [0, 0.1) is 17.1 Å². The van der Waals surface area contributed by atoms with Crippen molar-refractivity contribution in [3.8, 4) is 6.07 Å². The Labute approximate surface area is 248 Å². The molecule has 9 heteroatoms. The molecule has 1 heterocycles. The Morgan fingerprint density at radius 2 is 1.42 bits per heavy atom. The summed E-state index contributed by atoms with van der Waals surface area (Å²) in [7, 11) is 0. The third-order valence-corrected chi connectivity index (χ3v) is 7.75. The Kier molecular flexibility index (Phi) is 8.81. The molecule has 1 aliphatic rings. The minimum Gasteiger partial charge on any atom is -0.478 e. The van der Waals surface area contributed by atoms with E-state index in [0.29, 0.717) is 16.7 Å². The molecule has 8 nitrogen and oxygen atoms in total. The number of nitriles is 1. The zero-order chi connectivity index (χ0) is 30.5. The topological polar surface area (TPSA) is 125 Å². The van der Waals surface area contributed by atoms with E-state index in [1.807, 2.05) is 36.4 Å². The number of carbonyl (C=O) groups excluding carboxylic acids is 1. The first-order valence-electron chi connectivity index (χ1n) is 13.8. The number of halogens is 1. The zero-order valence-electron chi connectivity index (χ0n) is 23.1. The second kappa shape index (κ2) is 12.9. The van der Waals surface area contributed by atoms with Crippen LogP contribution in [0.5, 0.6) is 0 Å². The Hall–Kier alpha value is -5.04. The van der Waals surface area contributed by atoms with Gasteiger partial charge in [-0.25, -0.2) is 14.0 Å². The summed E-state index contributed by atoms with van der Waals surface area (Å²) in [6, 6.07) is 27.8. The van der Waals surface area contributed by atoms with Gasteiger partial charge in [0, 0.05) is 13.1 Å². The number of aliphatic hydroxyl groups excluding tert-OH is 2. The molecule has 1 fully saturated rings. The summed E-state index contributed by atoms with van der Waals surface area (Å²) < 4.78 is 14.2. The normalized spacial score (nSPS) is 20.4. The number of aromatic carboxylic acids is 1. The van der Waals surface area contributed by atoms with Crippen LogP contribution >= 0.6 is 0 Å². The minimum absolute atomic E-state index is 0.0470. The number of amides is 2. The number of rotatable bonds is 8. The van der Waals surface area contributed by atoms with E-state index in [1.165, 1.54) is 34.1 Å². The van der Waals surface area contributed by atoms with E-state index >= 15 is 0 Å². The largest absolute Gasteiger partial charge is 0.478 e. The summed E-state index contributed by atoms with van der Waals surface area (Å²) in [5.41, 5.74) is 2.27. The smallest absolute Gasteiger partial charge is 0.335 e. The molecule has 0 aliphatic carbocycles. The van der Waals surface area contributed by atoms with Crippen molar-refractivity contribution in [2.24, 2.45) is 0 Å². The summed E-state index contributed by atoms with van der Waals surface area (Å²) in [6.45, 7) is -0.146. The third kappa shape index (κ3) is 6.41. The van der Waals surface area contributed by atoms with E-state index in [9.17, 15) is 34.6 Å². The van der Waals surface area contributed by atoms with Crippen LogP contribution in [-0.2, 0) is 19.5 Å². The van der Waals surface area contributed by atoms with E-state index in [1.54, 1.807) is 42.5 Å². The fourth-order valence-corrected chi connectivity index (χ4v) is 5.63. The fraction of sp³-hybridized carbons (Fsp3) is 0.206. The molecule has 4 aromatic carbocycles. The van der Waals surface area contributed by atoms with Gasteiger partial charge in [-0.3, -0.25) is 0 Å². The van der Waals surface area contributed by atoms with Crippen molar-refractivity contribution in [1.29, 1.82) is 5.26 Å². The predicted molar refractivity (Wildman–Crippen MR) is 156 cm³/mol. The first-order chi connectivity index (χ1) is 20.8. The number of hydrogen-bond donors (Lipinski definition) is 3. The highest BCUT2D eigenvalue weighted by Crippen LogP contribution is 2.36. The van der Waals surface area contributed by atoms with Crippen molar-refractivity contribution in [3.05, 3.63) is 142 Å². The van der Waals surface area contributed by atoms with Crippen LogP contribution in [0.2, 0.25) is 0 Å². The summed E-state index contributed by atoms with van der Waals surface area (Å²) in [5, 5.41) is 42.5. The minimum atomic E-state index is -1.42. The molecule has 4 aromatic rings. The Bertz CT molecular complexity index is 1640. The van der Waals surface area contributed by atoms with Crippen LogP contribution in [0.4, 0.5) is 9.18 Å². The van der Waals surface area contributed by atoms with Gasteiger partial charge in [-0.15, -0.1) is 0 Å². The van der Waals surface area contributed by atoms with Crippen LogP contribution < -0.4 is 0 Å². The zero-order valence-corrected chi connectivity index (χ0v) is 23.1. The molecule has 1 saturated heterocycles. The molecule has 0 saturated carbocycles. The van der Waals surface area contributed by atoms with E-state index in [0.717, 1.165) is 11.6 Å². The number of nitrogens with zero attached hydrogens (tertiary/aromatic N) is 3. The predicted octanol–water partition coefficient (Wildman–Crippen LogP) is 4.91. The first-order valence-corrected chi connectivity index (χ1v) is 13.8. The molecule has 2 amide bonds. The lowest BCUT2D eigenvalue weighted by molar-refractivity contribution is -0.0418. The maximum atomic E-state index is 14.6. The maximum Gasteiger partial charge on any atom is 0.335 e. The summed E-state index contributed by atoms with van der Waals surface area (Å²) in [4.78, 5) is 29.2. The van der Waals surface area contributed by atoms with Crippen LogP contribution in [-0.4, -0.2) is 55.4 Å². The molecule has 5 rings (SSSR count). The molecule has 0 radical (unpaired) electrons. The highest BCUT2D eigenvalue weighted by Gasteiger charge is 2.47. The average Bonchev–Trinajstić information content (AvgIpc) is 3.09. The lowest BCUT2D eigenvalue weighted by Crippen LogP contribution is -2.50. The van der Waals surface area contributed by atoms with Crippen molar-refractivity contribution < 1.29 is 29.3 Å². The van der Waals surface area contributed by atoms with Gasteiger partial charge in [0.2, 0.25) is 0 Å². The van der Waals surface area contributed by atoms with Gasteiger partial charge in [0.05, 0.1) is 23.2 Å². The van der Waals surface area contributed by atoms with Crippen LogP contribution in [0.15, 0.2) is 103 Å². The third-order valence-electron chi connectivity index (χ3n) is 7.75. The highest BCUT2D eigenvalue weighted by atomic mass is 19.1. The number of hydrogen-bond acceptors (Lipinski definition) is 5. The maximum absolute atomic E-state index is 14.6. The summed E-state index contributed by atoms with van der Waals surface area (Å²) in [5.74, 6) is -1.80. The highest BCUT2D eigenvalue weighted by molar-refractivity contribution is 5.87. The van der Waals surface area contributed by atoms with E-state index in [-0.39, 0.29) is 30.6 Å². The van der Waals surface area contributed by atoms with Crippen LogP contribution in [0.3, 0.4) is 0 Å². The number of urea groups is 1. The van der Waals surface area contributed by atoms with Gasteiger partial charge in [0.25, 0.3) is 0 Å². The standard InChI is InChI=1S/C34H30FN3O5/c35-28-15-14-24(17-27(28)19-36)20-37-29(18-22-8-3-1-4-9-22)31(39)32(40)30(25-11-5-2-6-12-25)38(34(37)43)21-23-10-7-13-26(16-23)33(41)42/h1-17,29-32,39-40H,18,20-21H2,(H,41,42)/t29-,30?,31+,32+/m1/s1. The molecular formula is C34H30FN3O5. The molecule has 1 unspecified atom stereocenters. The SMILES string of the molecule is N#Cc1cc(CN2C(=O)N(Cc3cccc(C(=O)O)c3)C(c3ccccc3)[C@H](O)[C@@H](O)[C@H]2Cc2ccccc2)ccc1F. The number of carboxylic acids is 1. The number of carbonyl (C=O) groups is 2. The Morgan fingerprint density at radius 1 is 0.791 bits per heavy atom. The van der Waals surface area contributed by atoms with Crippen molar-refractivity contribution in [3.63, 3.8) is 0 Å². The Balaban J connectivity index is 1.64. The van der Waals surface area contributed by atoms with E-state index in [2.05, 4.69) is 0 Å². The summed E-state index contributed by atoms with van der Waals surface area (Å²) >= 11 is 0. The number of aliphatic hydroxyl groups is 2. The monoisotopic (exact) mass is 579 g/mol. The Morgan fingerprint density at radius 3 is 2.09 bits per heavy atom. The van der Waals surface area contributed by atoms with Gasteiger partial charge in [-0.1, -0.05) is 78.9 Å². The van der Waals surface area contributed by atoms with Gasteiger partial charge in [0.15, 0.2) is 0 Å². The fourth-order valence-electron chi connectivity index (χ4n) is 5.63. The van der Waals surface area contributed by atoms with Crippen molar-refractivity contribution in [2.45, 2.75) is 43.8 Å². The molecule has 218 valence electrons. The van der Waals surface area contributed by atoms with Crippen LogP contribution in [0.1, 0.15) is 44.2 Å². The number of benzene rings is 4. The van der Waals surface area contributed by atoms with Crippen molar-refractivity contribution >= 4 is 12.0 Å². The second-order valence-electron chi connectivity index (χ2n) is 10.6. The van der Waals surface area contributed by atoms with E-state index < -0.39 is 42.1 Å². The van der Waals surface area contributed by atoms with Gasteiger partial charge in [-0.05, 0) is 52.9 Å². The molecule has 43 heavy (non-hydrogen) atoms. The van der Waals surface area contributed by atoms with Gasteiger partial charge in [0.1, 0.15) is 24.1 Å². The lowest BCUT2D eigenvalue weighted by Gasteiger charge is -2.36. The molecule has 3 N–H and O–H groups in total. The summed E-state index contributed by atoms with van der Waals surface area (Å²) in [6.07, 6.45) is -2.61. The first kappa shape index (κ1) is 29.5. The average molecular weight is 580 g/mol. The van der Waals surface area contributed by atoms with Crippen molar-refractivity contribution in [2.75, 3.05) is 0 Å². The molecule has 0 spiro atoms. The van der Waals surface area contributed by atoms with Gasteiger partial charge >= 0.3 is 12.0 Å². The van der Waals surface area contributed by atoms with Gasteiger partial charge in [-0.2, -0.15) is 5.26 Å². The second-order valence-corrected chi connectivity index (χ2v) is 10.6. The van der Waals surface area contributed by atoms with E-state index in [4.69, 9.17) is 0 Å². The quantitative estimate of drug-likeness (QED) is 0.273. The molecule has 0 aromatic heterocycles. The van der Waals surface area contributed by atoms with Gasteiger partial charge < -0.3 is 25.1 Å². The van der Waals surface area contributed by atoms with Crippen LogP contribution in [0.25, 0.3) is 0 Å². The molecule has 4 atom stereocenters. The lowest BCUT2D eigenvalue weighted by atomic mass is 9.90. The van der Waals surface area contributed by atoms with Crippen molar-refractivity contribution in [1.82, 2.24) is 9.80 Å². The molecule has 0 bridgehead atoms. The molecule has 1 aliphatic heterocycles.